The van der Waals surface area contributed by atoms with Crippen molar-refractivity contribution in [2.45, 2.75) is 25.1 Å². The van der Waals surface area contributed by atoms with E-state index in [1.54, 1.807) is 4.90 Å². The molecule has 1 fully saturated rings. The first-order chi connectivity index (χ1) is 11.2. The van der Waals surface area contributed by atoms with E-state index in [-0.39, 0.29) is 30.6 Å². The Morgan fingerprint density at radius 2 is 2.17 bits per heavy atom. The average Bonchev–Trinajstić information content (AvgIpc) is 2.92. The second-order valence-corrected chi connectivity index (χ2v) is 5.55. The van der Waals surface area contributed by atoms with E-state index < -0.39 is 22.4 Å². The Morgan fingerprint density at radius 3 is 2.71 bits per heavy atom. The van der Waals surface area contributed by atoms with Gasteiger partial charge >= 0.3 is 6.18 Å². The molecule has 1 saturated heterocycles. The predicted molar refractivity (Wildman–Crippen MR) is 80.4 cm³/mol. The molecule has 1 amide bonds. The molecule has 1 heterocycles. The molecule has 1 aromatic rings. The molecule has 1 aliphatic rings. The zero-order valence-electron chi connectivity index (χ0n) is 12.7. The third-order valence-electron chi connectivity index (χ3n) is 3.75. The van der Waals surface area contributed by atoms with E-state index in [0.717, 1.165) is 18.6 Å². The van der Waals surface area contributed by atoms with Gasteiger partial charge in [-0.3, -0.25) is 14.9 Å². The quantitative estimate of drug-likeness (QED) is 0.627. The van der Waals surface area contributed by atoms with Crippen LogP contribution in [0.15, 0.2) is 18.2 Å². The van der Waals surface area contributed by atoms with Gasteiger partial charge in [-0.05, 0) is 18.6 Å². The molecule has 1 aromatic carbocycles. The highest BCUT2D eigenvalue weighted by Crippen LogP contribution is 2.34. The maximum Gasteiger partial charge on any atom is 0.416 e. The summed E-state index contributed by atoms with van der Waals surface area (Å²) in [6.45, 7) is 1.12. The highest BCUT2D eigenvalue weighted by Gasteiger charge is 2.33. The zero-order valence-corrected chi connectivity index (χ0v) is 12.7. The molecule has 7 nitrogen and oxygen atoms in total. The number of hydrogen-bond donors (Lipinski definition) is 2. The number of nitrogens with one attached hydrogen (secondary N) is 1. The van der Waals surface area contributed by atoms with E-state index >= 15 is 0 Å². The fourth-order valence-corrected chi connectivity index (χ4v) is 2.48. The second-order valence-electron chi connectivity index (χ2n) is 5.55. The van der Waals surface area contributed by atoms with Crippen molar-refractivity contribution in [3.05, 3.63) is 33.9 Å². The van der Waals surface area contributed by atoms with Crippen molar-refractivity contribution in [1.29, 1.82) is 0 Å². The summed E-state index contributed by atoms with van der Waals surface area (Å²) in [6, 6.07) is 2.19. The molecule has 0 saturated carbocycles. The van der Waals surface area contributed by atoms with Gasteiger partial charge in [0.25, 0.3) is 5.69 Å². The zero-order chi connectivity index (χ0) is 17.9. The van der Waals surface area contributed by atoms with E-state index in [2.05, 4.69) is 5.32 Å². The summed E-state index contributed by atoms with van der Waals surface area (Å²) in [5.41, 5.74) is 3.88. The molecule has 24 heavy (non-hydrogen) atoms. The standard InChI is InChI=1S/C14H17F3N4O3/c15-14(16,17)9-1-2-11(12(7-9)21(23)24)19-5-3-13(22)20-6-4-10(18)8-20/h1-2,7,10,19H,3-6,8,18H2/t10-/m1/s1. The molecule has 1 atom stereocenters. The average molecular weight is 346 g/mol. The van der Waals surface area contributed by atoms with E-state index in [0.29, 0.717) is 19.2 Å². The molecule has 2 rings (SSSR count). The van der Waals surface area contributed by atoms with Gasteiger partial charge in [0.2, 0.25) is 5.91 Å². The first-order valence-corrected chi connectivity index (χ1v) is 7.31. The fraction of sp³-hybridized carbons (Fsp3) is 0.500. The Hall–Kier alpha value is -2.36. The smallest absolute Gasteiger partial charge is 0.379 e. The molecule has 3 N–H and O–H groups in total. The normalized spacial score (nSPS) is 17.8. The Balaban J connectivity index is 1.99. The lowest BCUT2D eigenvalue weighted by molar-refractivity contribution is -0.384. The highest BCUT2D eigenvalue weighted by atomic mass is 19.4. The van der Waals surface area contributed by atoms with Gasteiger partial charge in [-0.1, -0.05) is 0 Å². The number of likely N-dealkylation sites (tertiary alicyclic amines) is 1. The molecule has 0 bridgehead atoms. The highest BCUT2D eigenvalue weighted by molar-refractivity contribution is 5.77. The van der Waals surface area contributed by atoms with Crippen LogP contribution in [0, 0.1) is 10.1 Å². The van der Waals surface area contributed by atoms with Crippen molar-refractivity contribution in [2.75, 3.05) is 25.0 Å². The number of amides is 1. The molecule has 0 spiro atoms. The molecule has 132 valence electrons. The molecular formula is C14H17F3N4O3. The van der Waals surface area contributed by atoms with Crippen molar-refractivity contribution < 1.29 is 22.9 Å². The fourth-order valence-electron chi connectivity index (χ4n) is 2.48. The van der Waals surface area contributed by atoms with Gasteiger partial charge in [0.15, 0.2) is 0 Å². The van der Waals surface area contributed by atoms with Crippen molar-refractivity contribution in [3.63, 3.8) is 0 Å². The van der Waals surface area contributed by atoms with Gasteiger partial charge in [0.05, 0.1) is 10.5 Å². The van der Waals surface area contributed by atoms with Gasteiger partial charge < -0.3 is 16.0 Å². The van der Waals surface area contributed by atoms with Crippen molar-refractivity contribution in [3.8, 4) is 0 Å². The summed E-state index contributed by atoms with van der Waals surface area (Å²) < 4.78 is 37.9. The van der Waals surface area contributed by atoms with Crippen molar-refractivity contribution in [2.24, 2.45) is 5.73 Å². The lowest BCUT2D eigenvalue weighted by Crippen LogP contribution is -2.32. The number of hydrogen-bond acceptors (Lipinski definition) is 5. The van der Waals surface area contributed by atoms with Crippen molar-refractivity contribution >= 4 is 17.3 Å². The second kappa shape index (κ2) is 7.04. The first-order valence-electron chi connectivity index (χ1n) is 7.31. The number of nitro groups is 1. The van der Waals surface area contributed by atoms with Crippen LogP contribution in [-0.4, -0.2) is 41.4 Å². The number of nitrogens with zero attached hydrogens (tertiary/aromatic N) is 2. The molecule has 10 heteroatoms. The number of benzene rings is 1. The number of nitrogens with two attached hydrogens (primary N) is 1. The van der Waals surface area contributed by atoms with E-state index in [4.69, 9.17) is 5.73 Å². The third kappa shape index (κ3) is 4.34. The maximum atomic E-state index is 12.6. The number of carbonyl (C=O) groups is 1. The lowest BCUT2D eigenvalue weighted by atomic mass is 10.1. The van der Waals surface area contributed by atoms with Crippen LogP contribution in [0.25, 0.3) is 0 Å². The third-order valence-corrected chi connectivity index (χ3v) is 3.75. The first kappa shape index (κ1) is 18.0. The number of anilines is 1. The van der Waals surface area contributed by atoms with Gasteiger partial charge in [-0.25, -0.2) is 0 Å². The number of halogens is 3. The van der Waals surface area contributed by atoms with Crippen LogP contribution in [0.5, 0.6) is 0 Å². The molecular weight excluding hydrogens is 329 g/mol. The Labute approximate surface area is 135 Å². The molecule has 1 aliphatic heterocycles. The van der Waals surface area contributed by atoms with Gasteiger partial charge in [0, 0.05) is 38.2 Å². The van der Waals surface area contributed by atoms with E-state index in [9.17, 15) is 28.1 Å². The summed E-state index contributed by atoms with van der Waals surface area (Å²) in [6.07, 6.45) is -3.86. The minimum absolute atomic E-state index is 0.0436. The molecule has 0 aliphatic carbocycles. The van der Waals surface area contributed by atoms with Gasteiger partial charge in [0.1, 0.15) is 5.69 Å². The predicted octanol–water partition coefficient (Wildman–Crippen LogP) is 1.98. The van der Waals surface area contributed by atoms with Gasteiger partial charge in [-0.15, -0.1) is 0 Å². The summed E-state index contributed by atoms with van der Waals surface area (Å²) in [4.78, 5) is 23.6. The minimum atomic E-state index is -4.66. The van der Waals surface area contributed by atoms with Gasteiger partial charge in [-0.2, -0.15) is 13.2 Å². The summed E-state index contributed by atoms with van der Waals surface area (Å²) in [5.74, 6) is -0.148. The van der Waals surface area contributed by atoms with Crippen LogP contribution in [0.2, 0.25) is 0 Å². The lowest BCUT2D eigenvalue weighted by Gasteiger charge is -2.16. The Bertz CT molecular complexity index is 636. The molecule has 0 aromatic heterocycles. The largest absolute Gasteiger partial charge is 0.416 e. The van der Waals surface area contributed by atoms with Crippen LogP contribution in [0.1, 0.15) is 18.4 Å². The Kier molecular flexibility index (Phi) is 5.27. The Morgan fingerprint density at radius 1 is 1.46 bits per heavy atom. The number of alkyl halides is 3. The van der Waals surface area contributed by atoms with Crippen LogP contribution < -0.4 is 11.1 Å². The number of rotatable bonds is 5. The summed E-state index contributed by atoms with van der Waals surface area (Å²) in [7, 11) is 0. The monoisotopic (exact) mass is 346 g/mol. The van der Waals surface area contributed by atoms with Crippen LogP contribution in [-0.2, 0) is 11.0 Å². The van der Waals surface area contributed by atoms with Crippen molar-refractivity contribution in [1.82, 2.24) is 4.90 Å². The molecule has 0 radical (unpaired) electrons. The SMILES string of the molecule is N[C@@H]1CCN(C(=O)CCNc2ccc(C(F)(F)F)cc2[N+](=O)[O-])C1. The van der Waals surface area contributed by atoms with Crippen LogP contribution >= 0.6 is 0 Å². The van der Waals surface area contributed by atoms with E-state index in [1.165, 1.54) is 0 Å². The van der Waals surface area contributed by atoms with Crippen LogP contribution in [0.4, 0.5) is 24.5 Å². The summed E-state index contributed by atoms with van der Waals surface area (Å²) >= 11 is 0. The summed E-state index contributed by atoms with van der Waals surface area (Å²) in [5, 5.41) is 13.6. The number of carbonyl (C=O) groups excluding carboxylic acids is 1. The van der Waals surface area contributed by atoms with E-state index in [1.807, 2.05) is 0 Å². The topological polar surface area (TPSA) is 102 Å². The number of nitro benzene ring substituents is 1. The molecule has 0 unspecified atom stereocenters. The maximum absolute atomic E-state index is 12.6. The van der Waals surface area contributed by atoms with Crippen LogP contribution in [0.3, 0.4) is 0 Å². The minimum Gasteiger partial charge on any atom is -0.379 e.